The van der Waals surface area contributed by atoms with E-state index in [1.54, 1.807) is 0 Å². The van der Waals surface area contributed by atoms with Crippen molar-refractivity contribution in [2.45, 2.75) is 26.8 Å². The average Bonchev–Trinajstić information content (AvgIpc) is 2.63. The maximum atomic E-state index is 5.65. The zero-order chi connectivity index (χ0) is 10.3. The van der Waals surface area contributed by atoms with Gasteiger partial charge in [-0.3, -0.25) is 0 Å². The quantitative estimate of drug-likeness (QED) is 0.750. The molecule has 2 aromatic heterocycles. The third kappa shape index (κ3) is 1.05. The molecule has 0 aliphatic carbocycles. The molecule has 2 N–H and O–H groups in total. The Morgan fingerprint density at radius 3 is 2.71 bits per heavy atom. The summed E-state index contributed by atoms with van der Waals surface area (Å²) in [5.74, 6) is 1.90. The topological polar surface area (TPSA) is 61.1 Å². The van der Waals surface area contributed by atoms with Gasteiger partial charge in [-0.25, -0.2) is 4.98 Å². The summed E-state index contributed by atoms with van der Waals surface area (Å²) >= 11 is 0. The van der Waals surface area contributed by atoms with Crippen LogP contribution in [0.4, 0.5) is 0 Å². The van der Waals surface area contributed by atoms with E-state index in [0.717, 1.165) is 29.4 Å². The summed E-state index contributed by atoms with van der Waals surface area (Å²) in [4.78, 5) is 4.44. The van der Waals surface area contributed by atoms with Crippen LogP contribution in [0.2, 0.25) is 0 Å². The van der Waals surface area contributed by atoms with E-state index in [1.807, 2.05) is 23.1 Å². The van der Waals surface area contributed by atoms with E-state index in [1.165, 1.54) is 0 Å². The number of hydrogen-bond donors (Lipinski definition) is 1. The van der Waals surface area contributed by atoms with Gasteiger partial charge in [0, 0.05) is 20.0 Å². The van der Waals surface area contributed by atoms with Crippen LogP contribution >= 0.6 is 0 Å². The van der Waals surface area contributed by atoms with Crippen molar-refractivity contribution in [3.8, 4) is 0 Å². The van der Waals surface area contributed by atoms with Gasteiger partial charge < -0.3 is 10.3 Å². The molecule has 0 radical (unpaired) electrons. The predicted octanol–water partition coefficient (Wildman–Crippen LogP) is 0.397. The monoisotopic (exact) mass is 193 g/mol. The molecule has 0 amide bonds. The van der Waals surface area contributed by atoms with Crippen LogP contribution in [0, 0.1) is 6.92 Å². The molecule has 14 heavy (non-hydrogen) atoms. The van der Waals surface area contributed by atoms with Gasteiger partial charge in [0.15, 0.2) is 0 Å². The lowest BCUT2D eigenvalue weighted by atomic mass is 10.3. The van der Waals surface area contributed by atoms with Gasteiger partial charge in [-0.1, -0.05) is 6.92 Å². The van der Waals surface area contributed by atoms with E-state index >= 15 is 0 Å². The summed E-state index contributed by atoms with van der Waals surface area (Å²) in [6, 6.07) is 0. The fourth-order valence-electron chi connectivity index (χ4n) is 1.70. The molecule has 0 atom stereocenters. The smallest absolute Gasteiger partial charge is 0.232 e. The molecule has 5 nitrogen and oxygen atoms in total. The lowest BCUT2D eigenvalue weighted by Crippen LogP contribution is -2.03. The first-order valence-corrected chi connectivity index (χ1v) is 4.78. The molecule has 0 aliphatic heterocycles. The lowest BCUT2D eigenvalue weighted by molar-refractivity contribution is 0.790. The minimum Gasteiger partial charge on any atom is -0.325 e. The Labute approximate surface area is 82.5 Å². The number of hydrogen-bond acceptors (Lipinski definition) is 3. The number of aryl methyl sites for hydroxylation is 3. The standard InChI is InChI=1S/C9H15N5/c1-4-8-12-14-7(5-10)6(2)11-9(14)13(8)3/h4-5,10H2,1-3H3. The molecular weight excluding hydrogens is 178 g/mol. The van der Waals surface area contributed by atoms with Crippen LogP contribution in [-0.4, -0.2) is 19.2 Å². The molecule has 0 unspecified atom stereocenters. The molecule has 76 valence electrons. The summed E-state index contributed by atoms with van der Waals surface area (Å²) in [5, 5.41) is 4.46. The van der Waals surface area contributed by atoms with Crippen LogP contribution in [0.15, 0.2) is 0 Å². The van der Waals surface area contributed by atoms with Crippen molar-refractivity contribution in [2.75, 3.05) is 0 Å². The Balaban J connectivity index is 2.76. The highest BCUT2D eigenvalue weighted by Gasteiger charge is 2.13. The Hall–Kier alpha value is -1.36. The molecule has 0 fully saturated rings. The number of nitrogens with two attached hydrogens (primary N) is 1. The van der Waals surface area contributed by atoms with Crippen molar-refractivity contribution < 1.29 is 0 Å². The maximum Gasteiger partial charge on any atom is 0.232 e. The second-order valence-corrected chi connectivity index (χ2v) is 3.39. The van der Waals surface area contributed by atoms with E-state index in [9.17, 15) is 0 Å². The van der Waals surface area contributed by atoms with Crippen LogP contribution in [0.3, 0.4) is 0 Å². The largest absolute Gasteiger partial charge is 0.325 e. The molecule has 0 saturated carbocycles. The summed E-state index contributed by atoms with van der Waals surface area (Å²) in [7, 11) is 1.98. The number of fused-ring (bicyclic) bond motifs is 1. The molecule has 0 bridgehead atoms. The normalized spacial score (nSPS) is 11.4. The van der Waals surface area contributed by atoms with Crippen LogP contribution in [-0.2, 0) is 20.0 Å². The van der Waals surface area contributed by atoms with Crippen molar-refractivity contribution in [3.63, 3.8) is 0 Å². The molecule has 2 heterocycles. The second-order valence-electron chi connectivity index (χ2n) is 3.39. The Morgan fingerprint density at radius 2 is 2.14 bits per heavy atom. The molecule has 0 spiro atoms. The second kappa shape index (κ2) is 3.09. The van der Waals surface area contributed by atoms with Crippen molar-refractivity contribution in [1.82, 2.24) is 19.2 Å². The summed E-state index contributed by atoms with van der Waals surface area (Å²) in [6.07, 6.45) is 0.906. The van der Waals surface area contributed by atoms with Gasteiger partial charge in [-0.05, 0) is 6.92 Å². The molecule has 0 saturated heterocycles. The SMILES string of the molecule is CCc1nn2c(CN)c(C)nc2n1C. The molecule has 0 aliphatic rings. The maximum absolute atomic E-state index is 5.65. The van der Waals surface area contributed by atoms with Gasteiger partial charge in [0.1, 0.15) is 5.82 Å². The van der Waals surface area contributed by atoms with Crippen LogP contribution in [0.5, 0.6) is 0 Å². The van der Waals surface area contributed by atoms with Gasteiger partial charge in [-0.2, -0.15) is 9.61 Å². The first-order valence-electron chi connectivity index (χ1n) is 4.78. The van der Waals surface area contributed by atoms with E-state index in [4.69, 9.17) is 5.73 Å². The van der Waals surface area contributed by atoms with E-state index < -0.39 is 0 Å². The first-order chi connectivity index (χ1) is 6.69. The highest BCUT2D eigenvalue weighted by molar-refractivity contribution is 5.36. The molecule has 2 rings (SSSR count). The van der Waals surface area contributed by atoms with Crippen molar-refractivity contribution >= 4 is 5.78 Å². The number of imidazole rings is 1. The molecular formula is C9H15N5. The van der Waals surface area contributed by atoms with Crippen molar-refractivity contribution in [1.29, 1.82) is 0 Å². The molecule has 2 aromatic rings. The van der Waals surface area contributed by atoms with Gasteiger partial charge >= 0.3 is 0 Å². The number of nitrogens with zero attached hydrogens (tertiary/aromatic N) is 4. The number of aromatic nitrogens is 4. The van der Waals surface area contributed by atoms with Gasteiger partial charge in [0.05, 0.1) is 11.4 Å². The number of rotatable bonds is 2. The Kier molecular flexibility index (Phi) is 2.03. The zero-order valence-corrected chi connectivity index (χ0v) is 8.78. The minimum atomic E-state index is 0.479. The summed E-state index contributed by atoms with van der Waals surface area (Å²) < 4.78 is 3.85. The highest BCUT2D eigenvalue weighted by atomic mass is 15.4. The van der Waals surface area contributed by atoms with E-state index in [2.05, 4.69) is 17.0 Å². The average molecular weight is 193 g/mol. The van der Waals surface area contributed by atoms with Crippen LogP contribution in [0.25, 0.3) is 5.78 Å². The molecule has 0 aromatic carbocycles. The van der Waals surface area contributed by atoms with Gasteiger partial charge in [-0.15, -0.1) is 0 Å². The fourth-order valence-corrected chi connectivity index (χ4v) is 1.70. The van der Waals surface area contributed by atoms with Gasteiger partial charge in [0.2, 0.25) is 5.78 Å². The van der Waals surface area contributed by atoms with Crippen LogP contribution in [0.1, 0.15) is 24.1 Å². The Bertz CT molecular complexity index is 465. The third-order valence-electron chi connectivity index (χ3n) is 2.54. The fraction of sp³-hybridized carbons (Fsp3) is 0.556. The zero-order valence-electron chi connectivity index (χ0n) is 8.78. The minimum absolute atomic E-state index is 0.479. The summed E-state index contributed by atoms with van der Waals surface area (Å²) in [5.41, 5.74) is 7.61. The predicted molar refractivity (Wildman–Crippen MR) is 54.0 cm³/mol. The highest BCUT2D eigenvalue weighted by Crippen LogP contribution is 2.12. The lowest BCUT2D eigenvalue weighted by Gasteiger charge is -1.94. The summed E-state index contributed by atoms with van der Waals surface area (Å²) in [6.45, 7) is 4.52. The van der Waals surface area contributed by atoms with E-state index in [-0.39, 0.29) is 0 Å². The Morgan fingerprint density at radius 1 is 1.43 bits per heavy atom. The molecule has 5 heteroatoms. The van der Waals surface area contributed by atoms with Crippen molar-refractivity contribution in [3.05, 3.63) is 17.2 Å². The van der Waals surface area contributed by atoms with E-state index in [0.29, 0.717) is 6.54 Å². The third-order valence-corrected chi connectivity index (χ3v) is 2.54. The van der Waals surface area contributed by atoms with Gasteiger partial charge in [0.25, 0.3) is 0 Å². The van der Waals surface area contributed by atoms with Crippen molar-refractivity contribution in [2.24, 2.45) is 12.8 Å². The first kappa shape index (κ1) is 9.21. The van der Waals surface area contributed by atoms with Crippen LogP contribution < -0.4 is 5.73 Å².